The molecule has 0 amide bonds. The minimum atomic E-state index is -3.13. The second kappa shape index (κ2) is 6.48. The molecule has 7 heteroatoms. The van der Waals surface area contributed by atoms with Crippen LogP contribution in [0.1, 0.15) is 25.7 Å². The molecule has 2 heterocycles. The Morgan fingerprint density at radius 1 is 1.20 bits per heavy atom. The molecule has 1 saturated carbocycles. The van der Waals surface area contributed by atoms with Crippen LogP contribution in [-0.2, 0) is 14.8 Å². The highest BCUT2D eigenvalue weighted by molar-refractivity contribution is 7.89. The van der Waals surface area contributed by atoms with Gasteiger partial charge in [0.15, 0.2) is 0 Å². The molecule has 1 aliphatic carbocycles. The van der Waals surface area contributed by atoms with E-state index < -0.39 is 10.0 Å². The Morgan fingerprint density at radius 3 is 2.65 bits per heavy atom. The van der Waals surface area contributed by atoms with Gasteiger partial charge in [0, 0.05) is 25.7 Å². The summed E-state index contributed by atoms with van der Waals surface area (Å²) in [6.07, 6.45) is 4.20. The third-order valence-corrected chi connectivity index (χ3v) is 6.96. The fourth-order valence-electron chi connectivity index (χ4n) is 3.82. The summed E-state index contributed by atoms with van der Waals surface area (Å²) in [5, 5.41) is 0. The summed E-state index contributed by atoms with van der Waals surface area (Å²) in [6.45, 7) is 2.63. The Balaban J connectivity index is 0.00000147. The topological polar surface area (TPSA) is 72.6 Å². The van der Waals surface area contributed by atoms with Crippen molar-refractivity contribution in [3.63, 3.8) is 0 Å². The number of nitrogens with zero attached hydrogens (tertiary/aromatic N) is 1. The molecule has 3 rings (SSSR count). The van der Waals surface area contributed by atoms with Gasteiger partial charge in [-0.3, -0.25) is 0 Å². The van der Waals surface area contributed by atoms with Crippen molar-refractivity contribution in [3.8, 4) is 0 Å². The van der Waals surface area contributed by atoms with Crippen LogP contribution in [-0.4, -0.2) is 50.8 Å². The second-order valence-electron chi connectivity index (χ2n) is 6.34. The third-order valence-electron chi connectivity index (χ3n) is 4.98. The van der Waals surface area contributed by atoms with Crippen molar-refractivity contribution in [2.24, 2.45) is 23.5 Å². The minimum Gasteiger partial charge on any atom is -0.381 e. The highest BCUT2D eigenvalue weighted by Gasteiger charge is 2.43. The van der Waals surface area contributed by atoms with E-state index in [-0.39, 0.29) is 30.1 Å². The molecule has 4 unspecified atom stereocenters. The van der Waals surface area contributed by atoms with Gasteiger partial charge in [0.25, 0.3) is 0 Å². The maximum absolute atomic E-state index is 12.5. The van der Waals surface area contributed by atoms with Gasteiger partial charge >= 0.3 is 0 Å². The van der Waals surface area contributed by atoms with E-state index in [1.807, 2.05) is 0 Å². The fourth-order valence-corrected chi connectivity index (χ4v) is 5.71. The van der Waals surface area contributed by atoms with Crippen LogP contribution in [0.3, 0.4) is 0 Å². The van der Waals surface area contributed by atoms with Crippen molar-refractivity contribution in [1.82, 2.24) is 4.31 Å². The zero-order chi connectivity index (χ0) is 13.5. The number of rotatable bonds is 3. The monoisotopic (exact) mass is 324 g/mol. The zero-order valence-electron chi connectivity index (χ0n) is 11.7. The SMILES string of the molecule is Cl.NC1CCCC2CN(S(=O)(=O)CC3CCOC3)CC12. The first-order chi connectivity index (χ1) is 9.06. The number of halogens is 1. The molecule has 0 spiro atoms. The molecule has 0 bridgehead atoms. The molecule has 118 valence electrons. The molecule has 2 N–H and O–H groups in total. The Kier molecular flexibility index (Phi) is 5.34. The number of hydrogen-bond acceptors (Lipinski definition) is 4. The van der Waals surface area contributed by atoms with E-state index in [1.54, 1.807) is 4.31 Å². The first-order valence-electron chi connectivity index (χ1n) is 7.37. The van der Waals surface area contributed by atoms with Gasteiger partial charge in [-0.25, -0.2) is 12.7 Å². The van der Waals surface area contributed by atoms with Gasteiger partial charge in [-0.05, 0) is 37.0 Å². The molecule has 3 aliphatic rings. The quantitative estimate of drug-likeness (QED) is 0.834. The summed E-state index contributed by atoms with van der Waals surface area (Å²) in [7, 11) is -3.13. The number of nitrogens with two attached hydrogens (primary N) is 1. The van der Waals surface area contributed by atoms with E-state index >= 15 is 0 Å². The van der Waals surface area contributed by atoms with Gasteiger partial charge in [0.2, 0.25) is 10.0 Å². The van der Waals surface area contributed by atoms with E-state index in [0.29, 0.717) is 38.1 Å². The number of ether oxygens (including phenoxy) is 1. The average Bonchev–Trinajstić information content (AvgIpc) is 2.97. The second-order valence-corrected chi connectivity index (χ2v) is 8.36. The molecule has 4 atom stereocenters. The molecule has 0 aromatic rings. The van der Waals surface area contributed by atoms with E-state index in [0.717, 1.165) is 25.7 Å². The summed E-state index contributed by atoms with van der Waals surface area (Å²) in [6, 6.07) is 0.189. The number of fused-ring (bicyclic) bond motifs is 1. The maximum atomic E-state index is 12.5. The first kappa shape index (κ1) is 16.5. The van der Waals surface area contributed by atoms with E-state index in [9.17, 15) is 8.42 Å². The average molecular weight is 325 g/mol. The molecule has 20 heavy (non-hydrogen) atoms. The van der Waals surface area contributed by atoms with Crippen molar-refractivity contribution in [2.45, 2.75) is 31.7 Å². The predicted octanol–water partition coefficient (Wildman–Crippen LogP) is 0.834. The lowest BCUT2D eigenvalue weighted by molar-refractivity contribution is 0.188. The van der Waals surface area contributed by atoms with Gasteiger partial charge in [-0.1, -0.05) is 6.42 Å². The Morgan fingerprint density at radius 2 is 2.00 bits per heavy atom. The summed E-state index contributed by atoms with van der Waals surface area (Å²) >= 11 is 0. The number of sulfonamides is 1. The van der Waals surface area contributed by atoms with Crippen molar-refractivity contribution in [1.29, 1.82) is 0 Å². The fraction of sp³-hybridized carbons (Fsp3) is 1.00. The predicted molar refractivity (Wildman–Crippen MR) is 80.3 cm³/mol. The zero-order valence-corrected chi connectivity index (χ0v) is 13.4. The van der Waals surface area contributed by atoms with Crippen LogP contribution in [0.15, 0.2) is 0 Å². The largest absolute Gasteiger partial charge is 0.381 e. The van der Waals surface area contributed by atoms with Gasteiger partial charge in [0.1, 0.15) is 0 Å². The molecule has 3 fully saturated rings. The van der Waals surface area contributed by atoms with Gasteiger partial charge in [-0.15, -0.1) is 12.4 Å². The molecule has 2 aliphatic heterocycles. The number of hydrogen-bond donors (Lipinski definition) is 1. The van der Waals surface area contributed by atoms with Crippen LogP contribution in [0.25, 0.3) is 0 Å². The van der Waals surface area contributed by atoms with Crippen molar-refractivity contribution < 1.29 is 13.2 Å². The molecule has 5 nitrogen and oxygen atoms in total. The molecule has 0 radical (unpaired) electrons. The summed E-state index contributed by atoms with van der Waals surface area (Å²) in [5.41, 5.74) is 6.15. The lowest BCUT2D eigenvalue weighted by Crippen LogP contribution is -2.39. The third kappa shape index (κ3) is 3.30. The van der Waals surface area contributed by atoms with Crippen molar-refractivity contribution in [2.75, 3.05) is 32.1 Å². The van der Waals surface area contributed by atoms with Crippen LogP contribution in [0.2, 0.25) is 0 Å². The van der Waals surface area contributed by atoms with Crippen LogP contribution in [0.4, 0.5) is 0 Å². The summed E-state index contributed by atoms with van der Waals surface area (Å²) < 4.78 is 31.9. The minimum absolute atomic E-state index is 0. The molecular weight excluding hydrogens is 300 g/mol. The van der Waals surface area contributed by atoms with E-state index in [4.69, 9.17) is 10.5 Å². The van der Waals surface area contributed by atoms with Crippen molar-refractivity contribution >= 4 is 22.4 Å². The standard InChI is InChI=1S/C13H24N2O3S.ClH/c14-13-3-1-2-11-6-15(7-12(11)13)19(16,17)9-10-4-5-18-8-10;/h10-13H,1-9,14H2;1H. The smallest absolute Gasteiger partial charge is 0.214 e. The normalized spacial score (nSPS) is 38.5. The van der Waals surface area contributed by atoms with E-state index in [2.05, 4.69) is 0 Å². The van der Waals surface area contributed by atoms with Crippen molar-refractivity contribution in [3.05, 3.63) is 0 Å². The molecular formula is C13H25ClN2O3S. The van der Waals surface area contributed by atoms with Gasteiger partial charge in [-0.2, -0.15) is 0 Å². The van der Waals surface area contributed by atoms with Crippen LogP contribution in [0.5, 0.6) is 0 Å². The Hall–Kier alpha value is 0.120. The highest BCUT2D eigenvalue weighted by atomic mass is 35.5. The highest BCUT2D eigenvalue weighted by Crippen LogP contribution is 2.37. The molecule has 0 aromatic carbocycles. The first-order valence-corrected chi connectivity index (χ1v) is 8.98. The van der Waals surface area contributed by atoms with Crippen LogP contribution in [0, 0.1) is 17.8 Å². The molecule has 2 saturated heterocycles. The lowest BCUT2D eigenvalue weighted by atomic mass is 9.78. The van der Waals surface area contributed by atoms with Gasteiger partial charge in [0.05, 0.1) is 12.4 Å². The Bertz CT molecular complexity index is 425. The maximum Gasteiger partial charge on any atom is 0.214 e. The van der Waals surface area contributed by atoms with E-state index in [1.165, 1.54) is 0 Å². The van der Waals surface area contributed by atoms with Gasteiger partial charge < -0.3 is 10.5 Å². The summed E-state index contributed by atoms with van der Waals surface area (Å²) in [5.74, 6) is 1.30. The molecule has 0 aromatic heterocycles. The van der Waals surface area contributed by atoms with Crippen LogP contribution < -0.4 is 5.73 Å². The van der Waals surface area contributed by atoms with Crippen LogP contribution >= 0.6 is 12.4 Å². The Labute approximate surface area is 127 Å². The summed E-state index contributed by atoms with van der Waals surface area (Å²) in [4.78, 5) is 0. The lowest BCUT2D eigenvalue weighted by Gasteiger charge is -2.29.